The smallest absolute Gasteiger partial charge is 0.140 e. The molecule has 1 aromatic carbocycles. The Morgan fingerprint density at radius 2 is 2.24 bits per heavy atom. The zero-order valence-corrected chi connectivity index (χ0v) is 11.7. The van der Waals surface area contributed by atoms with Gasteiger partial charge < -0.3 is 9.67 Å². The molecule has 0 aliphatic carbocycles. The minimum Gasteiger partial charge on any atom is -0.396 e. The van der Waals surface area contributed by atoms with E-state index in [9.17, 15) is 0 Å². The molecule has 0 radical (unpaired) electrons. The molecular formula is C12H12BrClN2O. The van der Waals surface area contributed by atoms with Crippen LogP contribution in [-0.4, -0.2) is 21.3 Å². The fourth-order valence-corrected chi connectivity index (χ4v) is 2.33. The topological polar surface area (TPSA) is 38.0 Å². The van der Waals surface area contributed by atoms with Crippen LogP contribution in [0.4, 0.5) is 0 Å². The summed E-state index contributed by atoms with van der Waals surface area (Å²) in [5.74, 6) is 0.836. The van der Waals surface area contributed by atoms with Gasteiger partial charge in [-0.25, -0.2) is 4.98 Å². The van der Waals surface area contributed by atoms with E-state index in [0.29, 0.717) is 11.4 Å². The highest BCUT2D eigenvalue weighted by Gasteiger charge is 2.13. The van der Waals surface area contributed by atoms with Crippen molar-refractivity contribution in [1.29, 1.82) is 0 Å². The number of rotatable bonds is 3. The van der Waals surface area contributed by atoms with Crippen LogP contribution in [0.2, 0.25) is 5.02 Å². The molecule has 0 aliphatic rings. The SMILES string of the molecule is Cn1c(-c2cccc(Cl)c2)nc(CCO)c1Br. The number of aromatic nitrogens is 2. The van der Waals surface area contributed by atoms with Crippen LogP contribution >= 0.6 is 27.5 Å². The maximum Gasteiger partial charge on any atom is 0.140 e. The molecule has 0 spiro atoms. The van der Waals surface area contributed by atoms with Gasteiger partial charge in [0.1, 0.15) is 10.4 Å². The highest BCUT2D eigenvalue weighted by atomic mass is 79.9. The van der Waals surface area contributed by atoms with Gasteiger partial charge in [0.15, 0.2) is 0 Å². The quantitative estimate of drug-likeness (QED) is 0.945. The molecule has 17 heavy (non-hydrogen) atoms. The lowest BCUT2D eigenvalue weighted by atomic mass is 10.2. The molecule has 90 valence electrons. The van der Waals surface area contributed by atoms with Gasteiger partial charge in [0.2, 0.25) is 0 Å². The molecule has 1 aromatic heterocycles. The number of aliphatic hydroxyl groups excluding tert-OH is 1. The minimum atomic E-state index is 0.0879. The first-order chi connectivity index (χ1) is 8.13. The molecule has 0 bridgehead atoms. The summed E-state index contributed by atoms with van der Waals surface area (Å²) in [6, 6.07) is 7.56. The van der Waals surface area contributed by atoms with E-state index >= 15 is 0 Å². The summed E-state index contributed by atoms with van der Waals surface area (Å²) in [5.41, 5.74) is 1.81. The standard InChI is InChI=1S/C12H12BrClN2O/c1-16-11(13)10(5-6-17)15-12(16)8-3-2-4-9(14)7-8/h2-4,7,17H,5-6H2,1H3. The maximum atomic E-state index is 8.97. The molecule has 0 saturated heterocycles. The monoisotopic (exact) mass is 314 g/mol. The van der Waals surface area contributed by atoms with E-state index in [1.807, 2.05) is 35.9 Å². The fraction of sp³-hybridized carbons (Fsp3) is 0.250. The number of hydrogen-bond acceptors (Lipinski definition) is 2. The number of aliphatic hydroxyl groups is 1. The van der Waals surface area contributed by atoms with Gasteiger partial charge in [-0.05, 0) is 28.1 Å². The predicted octanol–water partition coefficient (Wildman–Crippen LogP) is 3.04. The van der Waals surface area contributed by atoms with Crippen molar-refractivity contribution >= 4 is 27.5 Å². The Labute approximate surface area is 113 Å². The van der Waals surface area contributed by atoms with Crippen molar-refractivity contribution in [2.75, 3.05) is 6.61 Å². The number of hydrogen-bond donors (Lipinski definition) is 1. The first-order valence-electron chi connectivity index (χ1n) is 5.21. The Balaban J connectivity index is 2.49. The summed E-state index contributed by atoms with van der Waals surface area (Å²) < 4.78 is 2.83. The van der Waals surface area contributed by atoms with Crippen LogP contribution in [-0.2, 0) is 13.5 Å². The van der Waals surface area contributed by atoms with Gasteiger partial charge in [-0.1, -0.05) is 23.7 Å². The average Bonchev–Trinajstić information content (AvgIpc) is 2.58. The van der Waals surface area contributed by atoms with Crippen LogP contribution in [0, 0.1) is 0 Å². The third-order valence-electron chi connectivity index (χ3n) is 2.52. The summed E-state index contributed by atoms with van der Waals surface area (Å²) in [6.07, 6.45) is 0.537. The first-order valence-corrected chi connectivity index (χ1v) is 6.38. The maximum absolute atomic E-state index is 8.97. The predicted molar refractivity (Wildman–Crippen MR) is 72.1 cm³/mol. The lowest BCUT2D eigenvalue weighted by Crippen LogP contribution is -1.93. The van der Waals surface area contributed by atoms with Crippen LogP contribution in [0.3, 0.4) is 0 Å². The summed E-state index contributed by atoms with van der Waals surface area (Å²) in [6.45, 7) is 0.0879. The third-order valence-corrected chi connectivity index (χ3v) is 3.75. The van der Waals surface area contributed by atoms with E-state index in [0.717, 1.165) is 21.7 Å². The molecule has 5 heteroatoms. The van der Waals surface area contributed by atoms with Gasteiger partial charge in [0, 0.05) is 30.7 Å². The number of nitrogens with zero attached hydrogens (tertiary/aromatic N) is 2. The van der Waals surface area contributed by atoms with E-state index in [4.69, 9.17) is 16.7 Å². The van der Waals surface area contributed by atoms with Crippen LogP contribution < -0.4 is 0 Å². The van der Waals surface area contributed by atoms with Gasteiger partial charge >= 0.3 is 0 Å². The van der Waals surface area contributed by atoms with Gasteiger partial charge in [-0.2, -0.15) is 0 Å². The summed E-state index contributed by atoms with van der Waals surface area (Å²) in [7, 11) is 1.92. The molecule has 2 aromatic rings. The normalized spacial score (nSPS) is 10.8. The van der Waals surface area contributed by atoms with E-state index in [-0.39, 0.29) is 6.61 Å². The highest BCUT2D eigenvalue weighted by molar-refractivity contribution is 9.10. The lowest BCUT2D eigenvalue weighted by Gasteiger charge is -2.02. The fourth-order valence-electron chi connectivity index (χ4n) is 1.69. The molecule has 0 unspecified atom stereocenters. The molecule has 0 amide bonds. The largest absolute Gasteiger partial charge is 0.396 e. The number of halogens is 2. The van der Waals surface area contributed by atoms with Gasteiger partial charge in [0.25, 0.3) is 0 Å². The molecular weight excluding hydrogens is 304 g/mol. The molecule has 1 N–H and O–H groups in total. The van der Waals surface area contributed by atoms with Crippen molar-refractivity contribution in [2.45, 2.75) is 6.42 Å². The van der Waals surface area contributed by atoms with E-state index < -0.39 is 0 Å². The Morgan fingerprint density at radius 3 is 2.88 bits per heavy atom. The van der Waals surface area contributed by atoms with E-state index in [1.165, 1.54) is 0 Å². The second-order valence-electron chi connectivity index (χ2n) is 3.72. The van der Waals surface area contributed by atoms with Crippen LogP contribution in [0.15, 0.2) is 28.9 Å². The zero-order valence-electron chi connectivity index (χ0n) is 9.32. The lowest BCUT2D eigenvalue weighted by molar-refractivity contribution is 0.298. The van der Waals surface area contributed by atoms with Gasteiger partial charge in [0.05, 0.1) is 5.69 Å². The van der Waals surface area contributed by atoms with Crippen LogP contribution in [0.25, 0.3) is 11.4 Å². The Bertz CT molecular complexity index is 539. The molecule has 0 fully saturated rings. The van der Waals surface area contributed by atoms with Crippen molar-refractivity contribution in [3.05, 3.63) is 39.6 Å². The minimum absolute atomic E-state index is 0.0879. The number of benzene rings is 1. The molecule has 0 saturated carbocycles. The van der Waals surface area contributed by atoms with Crippen molar-refractivity contribution in [2.24, 2.45) is 7.05 Å². The molecule has 3 nitrogen and oxygen atoms in total. The van der Waals surface area contributed by atoms with Crippen molar-refractivity contribution < 1.29 is 5.11 Å². The zero-order chi connectivity index (χ0) is 12.4. The number of imidazole rings is 1. The highest BCUT2D eigenvalue weighted by Crippen LogP contribution is 2.27. The third kappa shape index (κ3) is 2.54. The molecule has 2 rings (SSSR count). The Kier molecular flexibility index (Phi) is 3.86. The molecule has 1 heterocycles. The summed E-state index contributed by atoms with van der Waals surface area (Å²) in [4.78, 5) is 4.51. The van der Waals surface area contributed by atoms with Crippen LogP contribution in [0.1, 0.15) is 5.69 Å². The Morgan fingerprint density at radius 1 is 1.47 bits per heavy atom. The molecule has 0 aliphatic heterocycles. The average molecular weight is 316 g/mol. The second-order valence-corrected chi connectivity index (χ2v) is 4.90. The Hall–Kier alpha value is -0.840. The van der Waals surface area contributed by atoms with Gasteiger partial charge in [-0.15, -0.1) is 0 Å². The summed E-state index contributed by atoms with van der Waals surface area (Å²) in [5, 5.41) is 9.65. The van der Waals surface area contributed by atoms with Crippen molar-refractivity contribution in [3.63, 3.8) is 0 Å². The van der Waals surface area contributed by atoms with Crippen molar-refractivity contribution in [3.8, 4) is 11.4 Å². The van der Waals surface area contributed by atoms with Crippen molar-refractivity contribution in [1.82, 2.24) is 9.55 Å². The molecule has 0 atom stereocenters. The summed E-state index contributed by atoms with van der Waals surface area (Å²) >= 11 is 9.44. The first kappa shape index (κ1) is 12.6. The van der Waals surface area contributed by atoms with Gasteiger partial charge in [-0.3, -0.25) is 0 Å². The second kappa shape index (κ2) is 5.21. The van der Waals surface area contributed by atoms with E-state index in [1.54, 1.807) is 0 Å². The van der Waals surface area contributed by atoms with Crippen LogP contribution in [0.5, 0.6) is 0 Å². The van der Waals surface area contributed by atoms with E-state index in [2.05, 4.69) is 20.9 Å².